The van der Waals surface area contributed by atoms with Crippen molar-refractivity contribution in [3.05, 3.63) is 6.33 Å². The summed E-state index contributed by atoms with van der Waals surface area (Å²) in [5.41, 5.74) is 0. The predicted octanol–water partition coefficient (Wildman–Crippen LogP) is -1.90. The molecule has 0 aliphatic carbocycles. The molecule has 3 rings (SSSR count). The van der Waals surface area contributed by atoms with Gasteiger partial charge in [-0.05, 0) is 23.3 Å². The zero-order valence-corrected chi connectivity index (χ0v) is 11.8. The Morgan fingerprint density at radius 2 is 2.05 bits per heavy atom. The first kappa shape index (κ1) is 13.9. The molecule has 0 saturated carbocycles. The lowest BCUT2D eigenvalue weighted by molar-refractivity contribution is -0.144. The molecular weight excluding hydrogens is 274 g/mol. The maximum atomic E-state index is 12.6. The molecule has 2 aliphatic heterocycles. The fraction of sp³-hybridized carbons (Fsp3) is 0.750. The molecule has 9 nitrogen and oxygen atoms in total. The van der Waals surface area contributed by atoms with Gasteiger partial charge in [-0.3, -0.25) is 9.59 Å². The van der Waals surface area contributed by atoms with E-state index in [-0.39, 0.29) is 24.4 Å². The van der Waals surface area contributed by atoms with E-state index in [4.69, 9.17) is 0 Å². The highest BCUT2D eigenvalue weighted by Gasteiger charge is 2.36. The van der Waals surface area contributed by atoms with E-state index in [0.717, 1.165) is 25.9 Å². The first-order chi connectivity index (χ1) is 10.3. The highest BCUT2D eigenvalue weighted by Crippen LogP contribution is 2.20. The van der Waals surface area contributed by atoms with E-state index in [2.05, 4.69) is 20.8 Å². The van der Waals surface area contributed by atoms with Crippen LogP contribution in [0.15, 0.2) is 6.33 Å². The lowest BCUT2D eigenvalue weighted by Gasteiger charge is -2.32. The summed E-state index contributed by atoms with van der Waals surface area (Å²) in [5.74, 6) is -0.0349. The van der Waals surface area contributed by atoms with Crippen molar-refractivity contribution in [3.8, 4) is 0 Å². The molecule has 1 N–H and O–H groups in total. The third kappa shape index (κ3) is 3.02. The van der Waals surface area contributed by atoms with Gasteiger partial charge in [0.05, 0.1) is 0 Å². The van der Waals surface area contributed by atoms with Crippen LogP contribution < -0.4 is 5.32 Å². The van der Waals surface area contributed by atoms with Gasteiger partial charge < -0.3 is 15.1 Å². The summed E-state index contributed by atoms with van der Waals surface area (Å²) < 4.78 is 1.38. The Morgan fingerprint density at radius 1 is 1.24 bits per heavy atom. The fourth-order valence-corrected chi connectivity index (χ4v) is 2.90. The number of rotatable bonds is 3. The average molecular weight is 293 g/mol. The summed E-state index contributed by atoms with van der Waals surface area (Å²) in [6, 6.07) is -0.327. The molecule has 2 saturated heterocycles. The topological polar surface area (TPSA) is 96.2 Å². The van der Waals surface area contributed by atoms with E-state index >= 15 is 0 Å². The normalized spacial score (nSPS) is 22.6. The van der Waals surface area contributed by atoms with Gasteiger partial charge in [0.15, 0.2) is 0 Å². The van der Waals surface area contributed by atoms with Gasteiger partial charge in [0, 0.05) is 32.7 Å². The molecule has 0 bridgehead atoms. The summed E-state index contributed by atoms with van der Waals surface area (Å²) >= 11 is 0. The minimum Gasteiger partial charge on any atom is -0.338 e. The van der Waals surface area contributed by atoms with Gasteiger partial charge in [-0.25, -0.2) is 4.68 Å². The monoisotopic (exact) mass is 293 g/mol. The van der Waals surface area contributed by atoms with Crippen LogP contribution in [-0.2, 0) is 16.1 Å². The highest BCUT2D eigenvalue weighted by molar-refractivity contribution is 5.88. The van der Waals surface area contributed by atoms with Gasteiger partial charge in [0.1, 0.15) is 18.9 Å². The average Bonchev–Trinajstić information content (AvgIpc) is 3.18. The standard InChI is InChI=1S/C12H19N7O2/c20-11(8-18-9-14-15-16-18)19-5-1-2-10(19)12(21)17-6-3-13-4-7-17/h9-10,13H,1-8H2. The van der Waals surface area contributed by atoms with Gasteiger partial charge in [-0.1, -0.05) is 0 Å². The number of tetrazole rings is 1. The summed E-state index contributed by atoms with van der Waals surface area (Å²) in [6.07, 6.45) is 3.01. The van der Waals surface area contributed by atoms with Crippen molar-refractivity contribution in [3.63, 3.8) is 0 Å². The van der Waals surface area contributed by atoms with Crippen LogP contribution in [0.2, 0.25) is 0 Å². The van der Waals surface area contributed by atoms with Crippen LogP contribution in [0.25, 0.3) is 0 Å². The van der Waals surface area contributed by atoms with Crippen LogP contribution in [-0.4, -0.2) is 80.6 Å². The van der Waals surface area contributed by atoms with Crippen LogP contribution >= 0.6 is 0 Å². The van der Waals surface area contributed by atoms with Gasteiger partial charge in [0.2, 0.25) is 11.8 Å². The highest BCUT2D eigenvalue weighted by atomic mass is 16.2. The van der Waals surface area contributed by atoms with E-state index in [9.17, 15) is 9.59 Å². The molecule has 1 aromatic rings. The van der Waals surface area contributed by atoms with Crippen molar-refractivity contribution >= 4 is 11.8 Å². The predicted molar refractivity (Wildman–Crippen MR) is 72.0 cm³/mol. The number of nitrogens with one attached hydrogen (secondary N) is 1. The second kappa shape index (κ2) is 6.17. The number of hydrogen-bond donors (Lipinski definition) is 1. The van der Waals surface area contributed by atoms with Crippen LogP contribution in [0.3, 0.4) is 0 Å². The van der Waals surface area contributed by atoms with Crippen molar-refractivity contribution in [1.82, 2.24) is 35.3 Å². The molecule has 0 aromatic carbocycles. The third-order valence-electron chi connectivity index (χ3n) is 3.98. The first-order valence-electron chi connectivity index (χ1n) is 7.25. The molecule has 21 heavy (non-hydrogen) atoms. The van der Waals surface area contributed by atoms with Gasteiger partial charge >= 0.3 is 0 Å². The van der Waals surface area contributed by atoms with E-state index in [0.29, 0.717) is 19.6 Å². The largest absolute Gasteiger partial charge is 0.338 e. The van der Waals surface area contributed by atoms with Gasteiger partial charge in [0.25, 0.3) is 0 Å². The first-order valence-corrected chi connectivity index (χ1v) is 7.25. The van der Waals surface area contributed by atoms with Crippen molar-refractivity contribution in [2.24, 2.45) is 0 Å². The van der Waals surface area contributed by atoms with E-state index < -0.39 is 0 Å². The molecule has 0 radical (unpaired) electrons. The number of likely N-dealkylation sites (tertiary alicyclic amines) is 1. The zero-order valence-electron chi connectivity index (χ0n) is 11.8. The molecule has 1 aromatic heterocycles. The second-order valence-corrected chi connectivity index (χ2v) is 5.33. The molecule has 2 fully saturated rings. The van der Waals surface area contributed by atoms with E-state index in [1.54, 1.807) is 4.90 Å². The number of hydrogen-bond acceptors (Lipinski definition) is 6. The molecule has 9 heteroatoms. The molecule has 0 spiro atoms. The Labute approximate surface area is 122 Å². The van der Waals surface area contributed by atoms with Crippen LogP contribution in [0.1, 0.15) is 12.8 Å². The Morgan fingerprint density at radius 3 is 2.76 bits per heavy atom. The Hall–Kier alpha value is -2.03. The summed E-state index contributed by atoms with van der Waals surface area (Å²) in [7, 11) is 0. The number of amides is 2. The quantitative estimate of drug-likeness (QED) is 0.699. The molecule has 114 valence electrons. The SMILES string of the molecule is O=C(C1CCCN1C(=O)Cn1cnnn1)N1CCNCC1. The van der Waals surface area contributed by atoms with Gasteiger partial charge in [-0.2, -0.15) is 0 Å². The second-order valence-electron chi connectivity index (χ2n) is 5.33. The van der Waals surface area contributed by atoms with E-state index in [1.807, 2.05) is 4.90 Å². The smallest absolute Gasteiger partial charge is 0.245 e. The Balaban J connectivity index is 1.64. The van der Waals surface area contributed by atoms with Gasteiger partial charge in [-0.15, -0.1) is 5.10 Å². The zero-order chi connectivity index (χ0) is 14.7. The minimum atomic E-state index is -0.327. The summed E-state index contributed by atoms with van der Waals surface area (Å²) in [6.45, 7) is 3.77. The number of aromatic nitrogens is 4. The van der Waals surface area contributed by atoms with E-state index in [1.165, 1.54) is 11.0 Å². The van der Waals surface area contributed by atoms with Crippen molar-refractivity contribution in [2.75, 3.05) is 32.7 Å². The van der Waals surface area contributed by atoms with Crippen LogP contribution in [0.5, 0.6) is 0 Å². The van der Waals surface area contributed by atoms with Crippen LogP contribution in [0.4, 0.5) is 0 Å². The van der Waals surface area contributed by atoms with Crippen molar-refractivity contribution < 1.29 is 9.59 Å². The summed E-state index contributed by atoms with van der Waals surface area (Å²) in [5, 5.41) is 13.9. The molecule has 1 atom stereocenters. The number of carbonyl (C=O) groups excluding carboxylic acids is 2. The molecule has 2 aliphatic rings. The van der Waals surface area contributed by atoms with Crippen molar-refractivity contribution in [1.29, 1.82) is 0 Å². The van der Waals surface area contributed by atoms with Crippen molar-refractivity contribution in [2.45, 2.75) is 25.4 Å². The Bertz CT molecular complexity index is 498. The number of carbonyl (C=O) groups is 2. The number of piperazine rings is 1. The maximum Gasteiger partial charge on any atom is 0.245 e. The molecule has 2 amide bonds. The van der Waals surface area contributed by atoms with Crippen LogP contribution in [0, 0.1) is 0 Å². The molecular formula is C12H19N7O2. The number of nitrogens with zero attached hydrogens (tertiary/aromatic N) is 6. The molecule has 1 unspecified atom stereocenters. The molecule has 3 heterocycles. The summed E-state index contributed by atoms with van der Waals surface area (Å²) in [4.78, 5) is 28.4. The third-order valence-corrected chi connectivity index (χ3v) is 3.98. The lowest BCUT2D eigenvalue weighted by Crippen LogP contribution is -2.53. The Kier molecular flexibility index (Phi) is 4.09. The minimum absolute atomic E-state index is 0.0686. The lowest BCUT2D eigenvalue weighted by atomic mass is 10.1. The fourth-order valence-electron chi connectivity index (χ4n) is 2.90. The maximum absolute atomic E-state index is 12.6.